The molecule has 5 nitrogen and oxygen atoms in total. The molecule has 0 fully saturated rings. The van der Waals surface area contributed by atoms with Gasteiger partial charge in [-0.15, -0.1) is 0 Å². The van der Waals surface area contributed by atoms with Gasteiger partial charge in [0.15, 0.2) is 6.61 Å². The number of hydrogen-bond donors (Lipinski definition) is 2. The fourth-order valence-corrected chi connectivity index (χ4v) is 1.71. The average Bonchev–Trinajstić information content (AvgIpc) is 2.27. The number of aryl methyl sites for hydroxylation is 2. The quantitative estimate of drug-likeness (QED) is 0.831. The highest BCUT2D eigenvalue weighted by Crippen LogP contribution is 2.24. The minimum atomic E-state index is -1.03. The first kappa shape index (κ1) is 14.0. The molecule has 0 atom stereocenters. The van der Waals surface area contributed by atoms with Crippen LogP contribution in [0.1, 0.15) is 28.4 Å². The van der Waals surface area contributed by atoms with E-state index >= 15 is 0 Å². The van der Waals surface area contributed by atoms with Gasteiger partial charge in [0, 0.05) is 12.1 Å². The van der Waals surface area contributed by atoms with Crippen LogP contribution >= 0.6 is 0 Å². The predicted octanol–water partition coefficient (Wildman–Crippen LogP) is 1.52. The summed E-state index contributed by atoms with van der Waals surface area (Å²) in [7, 11) is 0. The van der Waals surface area contributed by atoms with Crippen LogP contribution < -0.4 is 10.1 Å². The molecule has 1 aromatic carbocycles. The van der Waals surface area contributed by atoms with E-state index < -0.39 is 5.97 Å². The van der Waals surface area contributed by atoms with Crippen LogP contribution in [0.4, 0.5) is 0 Å². The molecule has 1 amide bonds. The van der Waals surface area contributed by atoms with Gasteiger partial charge >= 0.3 is 5.97 Å². The molecule has 0 aliphatic carbocycles. The zero-order valence-corrected chi connectivity index (χ0v) is 10.7. The molecule has 18 heavy (non-hydrogen) atoms. The Morgan fingerprint density at radius 2 is 1.83 bits per heavy atom. The van der Waals surface area contributed by atoms with Crippen LogP contribution in [0.25, 0.3) is 0 Å². The number of ether oxygens (including phenoxy) is 1. The van der Waals surface area contributed by atoms with E-state index in [4.69, 9.17) is 9.84 Å². The highest BCUT2D eigenvalue weighted by molar-refractivity contribution is 5.94. The summed E-state index contributed by atoms with van der Waals surface area (Å²) in [4.78, 5) is 22.1. The summed E-state index contributed by atoms with van der Waals surface area (Å²) in [6, 6.07) is 3.38. The van der Waals surface area contributed by atoms with Crippen LogP contribution in [-0.2, 0) is 4.79 Å². The van der Waals surface area contributed by atoms with Gasteiger partial charge in [0.25, 0.3) is 5.91 Å². The number of hydrogen-bond acceptors (Lipinski definition) is 3. The summed E-state index contributed by atoms with van der Waals surface area (Å²) in [6.45, 7) is 5.60. The first-order valence-electron chi connectivity index (χ1n) is 5.69. The SMILES string of the molecule is CCNC(=O)c1cc(C)c(OCC(=O)O)c(C)c1. The van der Waals surface area contributed by atoms with E-state index in [0.717, 1.165) is 11.1 Å². The standard InChI is InChI=1S/C13H17NO4/c1-4-14-13(17)10-5-8(2)12(9(3)6-10)18-7-11(15)16/h5-6H,4,7H2,1-3H3,(H,14,17)(H,15,16). The topological polar surface area (TPSA) is 75.6 Å². The van der Waals surface area contributed by atoms with E-state index in [-0.39, 0.29) is 12.5 Å². The normalized spacial score (nSPS) is 9.94. The van der Waals surface area contributed by atoms with Crippen molar-refractivity contribution in [1.82, 2.24) is 5.32 Å². The van der Waals surface area contributed by atoms with Gasteiger partial charge in [-0.05, 0) is 44.0 Å². The third kappa shape index (κ3) is 3.48. The minimum absolute atomic E-state index is 0.145. The largest absolute Gasteiger partial charge is 0.481 e. The maximum absolute atomic E-state index is 11.7. The van der Waals surface area contributed by atoms with Crippen molar-refractivity contribution in [2.75, 3.05) is 13.2 Å². The lowest BCUT2D eigenvalue weighted by Gasteiger charge is -2.12. The summed E-state index contributed by atoms with van der Waals surface area (Å²) in [5.74, 6) is -0.652. The number of carbonyl (C=O) groups excluding carboxylic acids is 1. The number of rotatable bonds is 5. The van der Waals surface area contributed by atoms with Crippen molar-refractivity contribution in [3.05, 3.63) is 28.8 Å². The number of nitrogens with one attached hydrogen (secondary N) is 1. The van der Waals surface area contributed by atoms with Crippen LogP contribution in [0.15, 0.2) is 12.1 Å². The van der Waals surface area contributed by atoms with Crippen molar-refractivity contribution in [2.24, 2.45) is 0 Å². The zero-order valence-electron chi connectivity index (χ0n) is 10.7. The predicted molar refractivity (Wildman–Crippen MR) is 67.1 cm³/mol. The Labute approximate surface area is 106 Å². The first-order chi connectivity index (χ1) is 8.45. The highest BCUT2D eigenvalue weighted by atomic mass is 16.5. The first-order valence-corrected chi connectivity index (χ1v) is 5.69. The van der Waals surface area contributed by atoms with E-state index in [1.165, 1.54) is 0 Å². The summed E-state index contributed by atoms with van der Waals surface area (Å²) in [5, 5.41) is 11.3. The van der Waals surface area contributed by atoms with Gasteiger partial charge in [0.05, 0.1) is 0 Å². The lowest BCUT2D eigenvalue weighted by Crippen LogP contribution is -2.23. The average molecular weight is 251 g/mol. The van der Waals surface area contributed by atoms with E-state index in [1.807, 2.05) is 6.92 Å². The molecule has 98 valence electrons. The second-order valence-electron chi connectivity index (χ2n) is 3.98. The van der Waals surface area contributed by atoms with E-state index in [2.05, 4.69) is 5.32 Å². The molecule has 1 rings (SSSR count). The van der Waals surface area contributed by atoms with Gasteiger partial charge in [0.2, 0.25) is 0 Å². The molecule has 0 spiro atoms. The number of carboxylic acid groups (broad SMARTS) is 1. The fraction of sp³-hybridized carbons (Fsp3) is 0.385. The molecule has 0 aliphatic heterocycles. The summed E-state index contributed by atoms with van der Waals surface area (Å²) < 4.78 is 5.19. The molecule has 0 aliphatic rings. The molecule has 5 heteroatoms. The van der Waals surface area contributed by atoms with Gasteiger partial charge < -0.3 is 15.2 Å². The summed E-state index contributed by atoms with van der Waals surface area (Å²) in [5.41, 5.74) is 2.05. The van der Waals surface area contributed by atoms with Crippen LogP contribution in [0, 0.1) is 13.8 Å². The summed E-state index contributed by atoms with van der Waals surface area (Å²) >= 11 is 0. The van der Waals surface area contributed by atoms with Gasteiger partial charge in [0.1, 0.15) is 5.75 Å². The number of carboxylic acids is 1. The highest BCUT2D eigenvalue weighted by Gasteiger charge is 2.12. The van der Waals surface area contributed by atoms with Crippen LogP contribution in [0.2, 0.25) is 0 Å². The Morgan fingerprint density at radius 1 is 1.28 bits per heavy atom. The maximum atomic E-state index is 11.7. The van der Waals surface area contributed by atoms with E-state index in [1.54, 1.807) is 26.0 Å². The Hall–Kier alpha value is -2.04. The van der Waals surface area contributed by atoms with E-state index in [9.17, 15) is 9.59 Å². The second-order valence-corrected chi connectivity index (χ2v) is 3.98. The van der Waals surface area contributed by atoms with Gasteiger partial charge in [-0.1, -0.05) is 0 Å². The maximum Gasteiger partial charge on any atom is 0.341 e. The Kier molecular flexibility index (Phi) is 4.71. The van der Waals surface area contributed by atoms with Crippen molar-refractivity contribution in [1.29, 1.82) is 0 Å². The molecule has 2 N–H and O–H groups in total. The van der Waals surface area contributed by atoms with Crippen molar-refractivity contribution in [2.45, 2.75) is 20.8 Å². The van der Waals surface area contributed by atoms with Crippen molar-refractivity contribution < 1.29 is 19.4 Å². The molecular weight excluding hydrogens is 234 g/mol. The lowest BCUT2D eigenvalue weighted by molar-refractivity contribution is -0.139. The molecule has 0 unspecified atom stereocenters. The molecule has 0 bridgehead atoms. The monoisotopic (exact) mass is 251 g/mol. The minimum Gasteiger partial charge on any atom is -0.481 e. The Bertz CT molecular complexity index is 445. The Balaban J connectivity index is 2.97. The van der Waals surface area contributed by atoms with Gasteiger partial charge in [-0.3, -0.25) is 4.79 Å². The third-order valence-corrected chi connectivity index (χ3v) is 2.40. The van der Waals surface area contributed by atoms with Gasteiger partial charge in [-0.2, -0.15) is 0 Å². The van der Waals surface area contributed by atoms with Crippen LogP contribution in [0.5, 0.6) is 5.75 Å². The lowest BCUT2D eigenvalue weighted by atomic mass is 10.1. The number of aliphatic carboxylic acids is 1. The van der Waals surface area contributed by atoms with Crippen molar-refractivity contribution >= 4 is 11.9 Å². The smallest absolute Gasteiger partial charge is 0.341 e. The van der Waals surface area contributed by atoms with Crippen LogP contribution in [0.3, 0.4) is 0 Å². The van der Waals surface area contributed by atoms with Gasteiger partial charge in [-0.25, -0.2) is 4.79 Å². The fourth-order valence-electron chi connectivity index (χ4n) is 1.71. The third-order valence-electron chi connectivity index (χ3n) is 2.40. The van der Waals surface area contributed by atoms with Crippen molar-refractivity contribution in [3.8, 4) is 5.75 Å². The van der Waals surface area contributed by atoms with Crippen molar-refractivity contribution in [3.63, 3.8) is 0 Å². The molecular formula is C13H17NO4. The zero-order chi connectivity index (χ0) is 13.7. The molecule has 0 saturated carbocycles. The number of benzene rings is 1. The number of amides is 1. The van der Waals surface area contributed by atoms with Crippen LogP contribution in [-0.4, -0.2) is 30.1 Å². The second kappa shape index (κ2) is 6.05. The molecule has 0 aromatic heterocycles. The van der Waals surface area contributed by atoms with E-state index in [0.29, 0.717) is 17.9 Å². The molecule has 0 radical (unpaired) electrons. The molecule has 0 saturated heterocycles. The number of carbonyl (C=O) groups is 2. The summed E-state index contributed by atoms with van der Waals surface area (Å²) in [6.07, 6.45) is 0. The molecule has 1 aromatic rings. The Morgan fingerprint density at radius 3 is 2.28 bits per heavy atom. The molecule has 0 heterocycles.